The van der Waals surface area contributed by atoms with Crippen LogP contribution in [0.25, 0.3) is 0 Å². The van der Waals surface area contributed by atoms with Gasteiger partial charge in [-0.15, -0.1) is 11.3 Å². The molecule has 122 valence electrons. The molecule has 1 aliphatic rings. The largest absolute Gasteiger partial charge is 0.480 e. The normalized spacial score (nSPS) is 17.1. The van der Waals surface area contributed by atoms with Crippen LogP contribution < -0.4 is 5.69 Å². The first-order chi connectivity index (χ1) is 11.0. The van der Waals surface area contributed by atoms with Gasteiger partial charge in [-0.1, -0.05) is 0 Å². The number of carboxylic acid groups (broad SMARTS) is 1. The molecule has 0 saturated carbocycles. The second-order valence-electron chi connectivity index (χ2n) is 5.09. The highest BCUT2D eigenvalue weighted by Gasteiger charge is 2.37. The first kappa shape index (κ1) is 15.4. The van der Waals surface area contributed by atoms with Gasteiger partial charge in [0.05, 0.1) is 24.6 Å². The van der Waals surface area contributed by atoms with Crippen LogP contribution in [0.15, 0.2) is 16.2 Å². The summed E-state index contributed by atoms with van der Waals surface area (Å²) >= 11 is 1.23. The molecule has 3 rings (SSSR count). The number of methoxy groups -OCH3 is 1. The first-order valence-electron chi connectivity index (χ1n) is 6.75. The van der Waals surface area contributed by atoms with E-state index in [1.165, 1.54) is 20.8 Å². The van der Waals surface area contributed by atoms with E-state index in [0.29, 0.717) is 17.3 Å². The van der Waals surface area contributed by atoms with Crippen LogP contribution in [0.3, 0.4) is 0 Å². The SMILES string of the molecule is COCc1csc(C(=O)N2Cc3n[nH]c(=O)n3CC2C(=O)O)c1. The number of carbonyl (C=O) groups excluding carboxylic acids is 1. The molecule has 0 bridgehead atoms. The summed E-state index contributed by atoms with van der Waals surface area (Å²) in [5.74, 6) is -1.22. The number of carbonyl (C=O) groups is 2. The zero-order chi connectivity index (χ0) is 16.6. The summed E-state index contributed by atoms with van der Waals surface area (Å²) < 4.78 is 6.25. The van der Waals surface area contributed by atoms with Crippen molar-refractivity contribution in [3.05, 3.63) is 38.2 Å². The Morgan fingerprint density at radius 1 is 1.57 bits per heavy atom. The zero-order valence-electron chi connectivity index (χ0n) is 12.2. The summed E-state index contributed by atoms with van der Waals surface area (Å²) in [7, 11) is 1.56. The minimum atomic E-state index is -1.16. The van der Waals surface area contributed by atoms with Crippen molar-refractivity contribution in [3.8, 4) is 0 Å². The molecule has 2 N–H and O–H groups in total. The van der Waals surface area contributed by atoms with E-state index in [9.17, 15) is 19.5 Å². The molecule has 9 nitrogen and oxygen atoms in total. The van der Waals surface area contributed by atoms with E-state index in [1.807, 2.05) is 0 Å². The Hall–Kier alpha value is -2.46. The van der Waals surface area contributed by atoms with Crippen LogP contribution in [0.4, 0.5) is 0 Å². The third kappa shape index (κ3) is 2.78. The van der Waals surface area contributed by atoms with Gasteiger partial charge in [-0.05, 0) is 17.0 Å². The van der Waals surface area contributed by atoms with Crippen molar-refractivity contribution in [1.29, 1.82) is 0 Å². The van der Waals surface area contributed by atoms with Gasteiger partial charge in [0.25, 0.3) is 5.91 Å². The molecule has 0 spiro atoms. The highest BCUT2D eigenvalue weighted by molar-refractivity contribution is 7.12. The summed E-state index contributed by atoms with van der Waals surface area (Å²) in [6.45, 7) is 0.221. The summed E-state index contributed by atoms with van der Waals surface area (Å²) in [6, 6.07) is 0.569. The number of aliphatic carboxylic acids is 1. The minimum absolute atomic E-state index is 0.0357. The molecule has 1 aliphatic heterocycles. The van der Waals surface area contributed by atoms with Gasteiger partial charge in [0.1, 0.15) is 6.04 Å². The standard InChI is InChI=1S/C13H14N4O5S/c1-22-5-7-2-9(23-6-7)11(18)16-4-10-14-15-13(21)17(10)3-8(16)12(19)20/h2,6,8H,3-5H2,1H3,(H,15,21)(H,19,20). The molecular weight excluding hydrogens is 324 g/mol. The summed E-state index contributed by atoms with van der Waals surface area (Å²) in [6.07, 6.45) is 0. The van der Waals surface area contributed by atoms with Gasteiger partial charge < -0.3 is 14.7 Å². The average Bonchev–Trinajstić information content (AvgIpc) is 3.13. The Labute approximate surface area is 134 Å². The lowest BCUT2D eigenvalue weighted by Crippen LogP contribution is -2.51. The summed E-state index contributed by atoms with van der Waals surface area (Å²) in [5.41, 5.74) is 0.373. The second kappa shape index (κ2) is 5.97. The summed E-state index contributed by atoms with van der Waals surface area (Å²) in [4.78, 5) is 37.4. The van der Waals surface area contributed by atoms with Crippen molar-refractivity contribution in [2.45, 2.75) is 25.7 Å². The van der Waals surface area contributed by atoms with Crippen molar-refractivity contribution in [3.63, 3.8) is 0 Å². The number of aromatic nitrogens is 3. The van der Waals surface area contributed by atoms with Crippen LogP contribution in [-0.2, 0) is 29.2 Å². The van der Waals surface area contributed by atoms with Gasteiger partial charge in [-0.2, -0.15) is 5.10 Å². The number of H-pyrrole nitrogens is 1. The van der Waals surface area contributed by atoms with Crippen molar-refractivity contribution in [2.75, 3.05) is 7.11 Å². The van der Waals surface area contributed by atoms with Crippen LogP contribution in [-0.4, -0.2) is 49.8 Å². The number of ether oxygens (including phenoxy) is 1. The van der Waals surface area contributed by atoms with Crippen LogP contribution in [0, 0.1) is 0 Å². The van der Waals surface area contributed by atoms with Crippen molar-refractivity contribution >= 4 is 23.2 Å². The molecule has 2 aromatic heterocycles. The predicted octanol–water partition coefficient (Wildman–Crippen LogP) is -0.111. The Balaban J connectivity index is 1.91. The van der Waals surface area contributed by atoms with Crippen molar-refractivity contribution < 1.29 is 19.4 Å². The molecule has 3 heterocycles. The van der Waals surface area contributed by atoms with Crippen LogP contribution >= 0.6 is 11.3 Å². The number of nitrogens with one attached hydrogen (secondary N) is 1. The highest BCUT2D eigenvalue weighted by atomic mass is 32.1. The Morgan fingerprint density at radius 2 is 2.35 bits per heavy atom. The molecule has 0 aliphatic carbocycles. The molecule has 0 fully saturated rings. The first-order valence-corrected chi connectivity index (χ1v) is 7.63. The molecule has 1 atom stereocenters. The number of hydrogen-bond donors (Lipinski definition) is 2. The number of fused-ring (bicyclic) bond motifs is 1. The number of rotatable bonds is 4. The quantitative estimate of drug-likeness (QED) is 0.803. The third-order valence-corrected chi connectivity index (χ3v) is 4.57. The molecule has 1 unspecified atom stereocenters. The lowest BCUT2D eigenvalue weighted by atomic mass is 10.1. The van der Waals surface area contributed by atoms with E-state index >= 15 is 0 Å². The van der Waals surface area contributed by atoms with Gasteiger partial charge in [-0.3, -0.25) is 9.36 Å². The molecule has 1 amide bonds. The van der Waals surface area contributed by atoms with Crippen molar-refractivity contribution in [1.82, 2.24) is 19.7 Å². The number of thiophene rings is 1. The monoisotopic (exact) mass is 338 g/mol. The maximum absolute atomic E-state index is 12.7. The van der Waals surface area contributed by atoms with Gasteiger partial charge in [0.15, 0.2) is 5.82 Å². The smallest absolute Gasteiger partial charge is 0.343 e. The predicted molar refractivity (Wildman–Crippen MR) is 79.2 cm³/mol. The van der Waals surface area contributed by atoms with E-state index in [4.69, 9.17) is 4.74 Å². The molecule has 0 saturated heterocycles. The van der Waals surface area contributed by atoms with Gasteiger partial charge in [0, 0.05) is 7.11 Å². The van der Waals surface area contributed by atoms with Crippen molar-refractivity contribution in [2.24, 2.45) is 0 Å². The second-order valence-corrected chi connectivity index (χ2v) is 6.01. The van der Waals surface area contributed by atoms with Gasteiger partial charge >= 0.3 is 11.7 Å². The number of nitrogens with zero attached hydrogens (tertiary/aromatic N) is 3. The molecular formula is C13H14N4O5S. The molecule has 0 aromatic carbocycles. The third-order valence-electron chi connectivity index (χ3n) is 3.60. The molecule has 0 radical (unpaired) electrons. The number of carboxylic acids is 1. The number of amides is 1. The lowest BCUT2D eigenvalue weighted by Gasteiger charge is -2.32. The van der Waals surface area contributed by atoms with E-state index in [2.05, 4.69) is 10.2 Å². The zero-order valence-corrected chi connectivity index (χ0v) is 13.0. The van der Waals surface area contributed by atoms with E-state index in [-0.39, 0.29) is 13.1 Å². The fraction of sp³-hybridized carbons (Fsp3) is 0.385. The fourth-order valence-electron chi connectivity index (χ4n) is 2.49. The van der Waals surface area contributed by atoms with E-state index in [0.717, 1.165) is 5.56 Å². The van der Waals surface area contributed by atoms with Gasteiger partial charge in [0.2, 0.25) is 0 Å². The Bertz CT molecular complexity index is 807. The molecule has 2 aromatic rings. The number of aromatic amines is 1. The maximum atomic E-state index is 12.7. The lowest BCUT2D eigenvalue weighted by molar-refractivity contribution is -0.143. The van der Waals surface area contributed by atoms with Crippen LogP contribution in [0.5, 0.6) is 0 Å². The minimum Gasteiger partial charge on any atom is -0.480 e. The maximum Gasteiger partial charge on any atom is 0.343 e. The summed E-state index contributed by atoms with van der Waals surface area (Å²) in [5, 5.41) is 17.3. The average molecular weight is 338 g/mol. The van der Waals surface area contributed by atoms with Crippen LogP contribution in [0.1, 0.15) is 21.1 Å². The van der Waals surface area contributed by atoms with E-state index < -0.39 is 23.6 Å². The van der Waals surface area contributed by atoms with E-state index in [1.54, 1.807) is 18.6 Å². The Kier molecular flexibility index (Phi) is 4.01. The van der Waals surface area contributed by atoms with Crippen LogP contribution in [0.2, 0.25) is 0 Å². The fourth-order valence-corrected chi connectivity index (χ4v) is 3.34. The molecule has 10 heteroatoms. The topological polar surface area (TPSA) is 118 Å². The Morgan fingerprint density at radius 3 is 3.04 bits per heavy atom. The highest BCUT2D eigenvalue weighted by Crippen LogP contribution is 2.22. The van der Waals surface area contributed by atoms with Gasteiger partial charge in [-0.25, -0.2) is 14.7 Å². The number of hydrogen-bond acceptors (Lipinski definition) is 6. The molecule has 23 heavy (non-hydrogen) atoms.